The van der Waals surface area contributed by atoms with Crippen molar-refractivity contribution in [1.29, 1.82) is 0 Å². The second-order valence-corrected chi connectivity index (χ2v) is 5.95. The highest BCUT2D eigenvalue weighted by Gasteiger charge is 2.16. The number of hydrogen-bond donors (Lipinski definition) is 2. The largest absolute Gasteiger partial charge is 0.490 e. The van der Waals surface area contributed by atoms with Crippen molar-refractivity contribution >= 4 is 17.4 Å². The fourth-order valence-corrected chi connectivity index (χ4v) is 2.75. The molecule has 0 saturated carbocycles. The molecular formula is C21H28N2O4. The fourth-order valence-electron chi connectivity index (χ4n) is 2.75. The lowest BCUT2D eigenvalue weighted by Gasteiger charge is -2.18. The molecular weight excluding hydrogens is 344 g/mol. The zero-order chi connectivity index (χ0) is 19.8. The van der Waals surface area contributed by atoms with Gasteiger partial charge in [0.05, 0.1) is 25.5 Å². The second kappa shape index (κ2) is 9.71. The van der Waals surface area contributed by atoms with Gasteiger partial charge in [-0.2, -0.15) is 0 Å². The van der Waals surface area contributed by atoms with Crippen LogP contribution in [-0.4, -0.2) is 25.9 Å². The molecule has 0 unspecified atom stereocenters. The maximum absolute atomic E-state index is 12.5. The van der Waals surface area contributed by atoms with Gasteiger partial charge < -0.3 is 24.8 Å². The number of para-hydroxylation sites is 1. The minimum atomic E-state index is -0.332. The Hall–Kier alpha value is -2.89. The lowest BCUT2D eigenvalue weighted by molar-refractivity contribution is 0.260. The van der Waals surface area contributed by atoms with Crippen LogP contribution in [0, 0.1) is 13.8 Å². The minimum Gasteiger partial charge on any atom is -0.490 e. The molecule has 0 aromatic heterocycles. The molecule has 0 atom stereocenters. The summed E-state index contributed by atoms with van der Waals surface area (Å²) in [6, 6.07) is 9.02. The number of aryl methyl sites for hydroxylation is 2. The Morgan fingerprint density at radius 1 is 0.852 bits per heavy atom. The Labute approximate surface area is 160 Å². The molecule has 2 rings (SSSR count). The van der Waals surface area contributed by atoms with E-state index in [2.05, 4.69) is 10.6 Å². The summed E-state index contributed by atoms with van der Waals surface area (Å²) in [6.07, 6.45) is 0. The minimum absolute atomic E-state index is 0.332. The van der Waals surface area contributed by atoms with Gasteiger partial charge in [-0.1, -0.05) is 18.2 Å². The molecule has 0 heterocycles. The van der Waals surface area contributed by atoms with Crippen LogP contribution in [0.1, 0.15) is 31.9 Å². The summed E-state index contributed by atoms with van der Waals surface area (Å²) >= 11 is 0. The van der Waals surface area contributed by atoms with Crippen molar-refractivity contribution in [3.63, 3.8) is 0 Å². The molecule has 0 fully saturated rings. The van der Waals surface area contributed by atoms with Crippen LogP contribution < -0.4 is 24.8 Å². The number of hydrogen-bond acceptors (Lipinski definition) is 4. The number of anilines is 2. The number of amides is 2. The number of carbonyl (C=O) groups excluding carboxylic acids is 1. The molecule has 0 radical (unpaired) electrons. The maximum atomic E-state index is 12.5. The molecule has 0 bridgehead atoms. The highest BCUT2D eigenvalue weighted by Crippen LogP contribution is 2.40. The van der Waals surface area contributed by atoms with Crippen molar-refractivity contribution in [1.82, 2.24) is 0 Å². The lowest BCUT2D eigenvalue weighted by Crippen LogP contribution is -2.20. The van der Waals surface area contributed by atoms with Gasteiger partial charge in [0, 0.05) is 17.8 Å². The number of urea groups is 1. The third-order valence-corrected chi connectivity index (χ3v) is 3.89. The molecule has 2 N–H and O–H groups in total. The Bertz CT molecular complexity index is 742. The van der Waals surface area contributed by atoms with Crippen LogP contribution in [0.5, 0.6) is 17.2 Å². The van der Waals surface area contributed by atoms with E-state index in [1.807, 2.05) is 52.8 Å². The highest BCUT2D eigenvalue weighted by molar-refractivity contribution is 6.01. The third kappa shape index (κ3) is 5.29. The Morgan fingerprint density at radius 2 is 1.37 bits per heavy atom. The van der Waals surface area contributed by atoms with E-state index in [4.69, 9.17) is 14.2 Å². The third-order valence-electron chi connectivity index (χ3n) is 3.89. The highest BCUT2D eigenvalue weighted by atomic mass is 16.5. The van der Waals surface area contributed by atoms with Gasteiger partial charge >= 0.3 is 6.03 Å². The monoisotopic (exact) mass is 372 g/mol. The molecule has 0 aliphatic carbocycles. The first kappa shape index (κ1) is 20.4. The van der Waals surface area contributed by atoms with Crippen molar-refractivity contribution in [3.05, 3.63) is 41.5 Å². The van der Waals surface area contributed by atoms with E-state index in [1.165, 1.54) is 0 Å². The summed E-state index contributed by atoms with van der Waals surface area (Å²) in [5, 5.41) is 5.75. The average Bonchev–Trinajstić information content (AvgIpc) is 2.61. The molecule has 2 aromatic rings. The first-order chi connectivity index (χ1) is 13.0. The van der Waals surface area contributed by atoms with Crippen LogP contribution in [0.25, 0.3) is 0 Å². The number of benzene rings is 2. The van der Waals surface area contributed by atoms with E-state index in [0.717, 1.165) is 16.8 Å². The smallest absolute Gasteiger partial charge is 0.323 e. The molecule has 2 amide bonds. The van der Waals surface area contributed by atoms with Gasteiger partial charge in [-0.25, -0.2) is 4.79 Å². The summed E-state index contributed by atoms with van der Waals surface area (Å²) in [7, 11) is 0. The van der Waals surface area contributed by atoms with Crippen molar-refractivity contribution in [2.75, 3.05) is 30.5 Å². The van der Waals surface area contributed by atoms with E-state index in [-0.39, 0.29) is 6.03 Å². The average molecular weight is 372 g/mol. The number of rotatable bonds is 8. The first-order valence-corrected chi connectivity index (χ1v) is 9.20. The molecule has 0 aliphatic rings. The predicted octanol–water partition coefficient (Wildman–Crippen LogP) is 5.14. The van der Waals surface area contributed by atoms with E-state index in [1.54, 1.807) is 12.1 Å². The number of ether oxygens (including phenoxy) is 3. The fraction of sp³-hybridized carbons (Fsp3) is 0.381. The maximum Gasteiger partial charge on any atom is 0.323 e. The van der Waals surface area contributed by atoms with E-state index < -0.39 is 0 Å². The molecule has 6 nitrogen and oxygen atoms in total. The van der Waals surface area contributed by atoms with Gasteiger partial charge in [0.2, 0.25) is 5.75 Å². The Balaban J connectivity index is 2.27. The molecule has 6 heteroatoms. The van der Waals surface area contributed by atoms with Gasteiger partial charge in [-0.3, -0.25) is 0 Å². The molecule has 0 saturated heterocycles. The topological polar surface area (TPSA) is 68.8 Å². The second-order valence-electron chi connectivity index (χ2n) is 5.95. The Kier molecular flexibility index (Phi) is 7.34. The SMILES string of the molecule is CCOc1cc(NC(=O)Nc2c(C)cccc2C)cc(OCC)c1OCC. The van der Waals surface area contributed by atoms with Crippen LogP contribution in [0.15, 0.2) is 30.3 Å². The zero-order valence-corrected chi connectivity index (χ0v) is 16.6. The Morgan fingerprint density at radius 3 is 1.85 bits per heavy atom. The van der Waals surface area contributed by atoms with E-state index in [0.29, 0.717) is 42.8 Å². The van der Waals surface area contributed by atoms with Crippen LogP contribution in [-0.2, 0) is 0 Å². The molecule has 0 spiro atoms. The van der Waals surface area contributed by atoms with Crippen LogP contribution in [0.3, 0.4) is 0 Å². The molecule has 0 aliphatic heterocycles. The van der Waals surface area contributed by atoms with Crippen molar-refractivity contribution in [3.8, 4) is 17.2 Å². The van der Waals surface area contributed by atoms with Crippen molar-refractivity contribution in [2.24, 2.45) is 0 Å². The summed E-state index contributed by atoms with van der Waals surface area (Å²) in [5.74, 6) is 1.61. The quantitative estimate of drug-likeness (QED) is 0.673. The lowest BCUT2D eigenvalue weighted by atomic mass is 10.1. The van der Waals surface area contributed by atoms with Crippen LogP contribution in [0.4, 0.5) is 16.2 Å². The standard InChI is InChI=1S/C21H28N2O4/c1-6-25-17-12-16(13-18(26-7-2)20(17)27-8-3)22-21(24)23-19-14(4)10-9-11-15(19)5/h9-13H,6-8H2,1-5H3,(H2,22,23,24). The van der Waals surface area contributed by atoms with E-state index >= 15 is 0 Å². The molecule has 146 valence electrons. The van der Waals surface area contributed by atoms with Crippen molar-refractivity contribution in [2.45, 2.75) is 34.6 Å². The number of nitrogens with one attached hydrogen (secondary N) is 2. The van der Waals surface area contributed by atoms with Gasteiger partial charge in [-0.15, -0.1) is 0 Å². The normalized spacial score (nSPS) is 10.3. The molecule has 27 heavy (non-hydrogen) atoms. The molecule has 2 aromatic carbocycles. The summed E-state index contributed by atoms with van der Waals surface area (Å²) in [5.41, 5.74) is 3.37. The van der Waals surface area contributed by atoms with Gasteiger partial charge in [-0.05, 0) is 45.7 Å². The van der Waals surface area contributed by atoms with Crippen LogP contribution >= 0.6 is 0 Å². The van der Waals surface area contributed by atoms with Crippen molar-refractivity contribution < 1.29 is 19.0 Å². The summed E-state index contributed by atoms with van der Waals surface area (Å²) in [4.78, 5) is 12.5. The van der Waals surface area contributed by atoms with Crippen LogP contribution in [0.2, 0.25) is 0 Å². The zero-order valence-electron chi connectivity index (χ0n) is 16.6. The van der Waals surface area contributed by atoms with Gasteiger partial charge in [0.1, 0.15) is 0 Å². The first-order valence-electron chi connectivity index (χ1n) is 9.20. The summed E-state index contributed by atoms with van der Waals surface area (Å²) in [6.45, 7) is 11.0. The van der Waals surface area contributed by atoms with Gasteiger partial charge in [0.25, 0.3) is 0 Å². The number of carbonyl (C=O) groups is 1. The van der Waals surface area contributed by atoms with E-state index in [9.17, 15) is 4.79 Å². The summed E-state index contributed by atoms with van der Waals surface area (Å²) < 4.78 is 17.0. The predicted molar refractivity (Wildman–Crippen MR) is 109 cm³/mol. The van der Waals surface area contributed by atoms with Gasteiger partial charge in [0.15, 0.2) is 11.5 Å².